The van der Waals surface area contributed by atoms with Crippen LogP contribution in [-0.4, -0.2) is 38.4 Å². The molecule has 0 unspecified atom stereocenters. The number of hydrogen-bond acceptors (Lipinski definition) is 5. The van der Waals surface area contributed by atoms with Crippen molar-refractivity contribution in [2.24, 2.45) is 9.98 Å². The van der Waals surface area contributed by atoms with Crippen molar-refractivity contribution in [1.29, 1.82) is 0 Å². The van der Waals surface area contributed by atoms with Crippen LogP contribution in [0.3, 0.4) is 0 Å². The Bertz CT molecular complexity index is 1170. The van der Waals surface area contributed by atoms with Crippen molar-refractivity contribution < 1.29 is 9.47 Å². The van der Waals surface area contributed by atoms with Gasteiger partial charge in [-0.3, -0.25) is 9.98 Å². The van der Waals surface area contributed by atoms with Gasteiger partial charge in [-0.05, 0) is 86.0 Å². The predicted molar refractivity (Wildman–Crippen MR) is 143 cm³/mol. The normalized spacial score (nSPS) is 13.6. The standard InChI is InChI=1S/C29H34N4O2/c1-4-31-28(30-3)24-6-10-26(11-7-24)34-19-22-16-21(2)17-23(18-22)20-35-27-12-8-25(9-13-27)29-32-14-5-15-33-29/h6-13,16-18H,4-5,14-15,19-20H2,1-3H3,(H,30,31)(H,32,33). The van der Waals surface area contributed by atoms with E-state index in [1.54, 1.807) is 7.05 Å². The number of nitrogens with zero attached hydrogens (tertiary/aromatic N) is 2. The predicted octanol–water partition coefficient (Wildman–Crippen LogP) is 4.88. The quantitative estimate of drug-likeness (QED) is 0.346. The zero-order valence-electron chi connectivity index (χ0n) is 20.8. The molecule has 0 saturated heterocycles. The lowest BCUT2D eigenvalue weighted by Crippen LogP contribution is -2.30. The molecule has 6 nitrogen and oxygen atoms in total. The van der Waals surface area contributed by atoms with E-state index in [9.17, 15) is 0 Å². The summed E-state index contributed by atoms with van der Waals surface area (Å²) in [5.74, 6) is 3.53. The van der Waals surface area contributed by atoms with Crippen molar-refractivity contribution in [1.82, 2.24) is 10.6 Å². The molecule has 0 aliphatic carbocycles. The van der Waals surface area contributed by atoms with Crippen LogP contribution in [0.4, 0.5) is 0 Å². The molecule has 0 amide bonds. The highest BCUT2D eigenvalue weighted by atomic mass is 16.5. The van der Waals surface area contributed by atoms with E-state index in [-0.39, 0.29) is 0 Å². The van der Waals surface area contributed by atoms with Gasteiger partial charge in [-0.25, -0.2) is 0 Å². The van der Waals surface area contributed by atoms with E-state index in [1.165, 1.54) is 5.56 Å². The number of hydrogen-bond donors (Lipinski definition) is 2. The molecule has 3 aromatic rings. The summed E-state index contributed by atoms with van der Waals surface area (Å²) in [6.45, 7) is 7.86. The first-order chi connectivity index (χ1) is 17.1. The molecule has 3 aromatic carbocycles. The largest absolute Gasteiger partial charge is 0.489 e. The number of benzene rings is 3. The van der Waals surface area contributed by atoms with Crippen LogP contribution >= 0.6 is 0 Å². The Morgan fingerprint density at radius 1 is 0.943 bits per heavy atom. The number of nitrogens with one attached hydrogen (secondary N) is 2. The van der Waals surface area contributed by atoms with Crippen molar-refractivity contribution in [3.8, 4) is 11.5 Å². The molecule has 0 radical (unpaired) electrons. The van der Waals surface area contributed by atoms with Gasteiger partial charge in [0.05, 0.1) is 0 Å². The number of aliphatic imine (C=N–C) groups is 2. The van der Waals surface area contributed by atoms with Crippen LogP contribution in [0.25, 0.3) is 0 Å². The summed E-state index contributed by atoms with van der Waals surface area (Å²) in [5, 5.41) is 6.62. The molecular formula is C29H34N4O2. The molecular weight excluding hydrogens is 436 g/mol. The number of ether oxygens (including phenoxy) is 2. The van der Waals surface area contributed by atoms with E-state index in [1.807, 2.05) is 36.4 Å². The van der Waals surface area contributed by atoms with E-state index in [0.717, 1.165) is 71.5 Å². The van der Waals surface area contributed by atoms with Crippen LogP contribution in [0.2, 0.25) is 0 Å². The van der Waals surface area contributed by atoms with Crippen LogP contribution < -0.4 is 20.1 Å². The second-order valence-electron chi connectivity index (χ2n) is 8.57. The number of amidine groups is 2. The first-order valence-corrected chi connectivity index (χ1v) is 12.2. The molecule has 0 spiro atoms. The molecule has 182 valence electrons. The van der Waals surface area contributed by atoms with Gasteiger partial charge >= 0.3 is 0 Å². The van der Waals surface area contributed by atoms with Crippen LogP contribution in [0, 0.1) is 6.92 Å². The van der Waals surface area contributed by atoms with E-state index in [0.29, 0.717) is 13.2 Å². The Kier molecular flexibility index (Phi) is 8.39. The van der Waals surface area contributed by atoms with Crippen LogP contribution in [0.5, 0.6) is 11.5 Å². The van der Waals surface area contributed by atoms with E-state index < -0.39 is 0 Å². The molecule has 1 aliphatic heterocycles. The molecule has 0 aromatic heterocycles. The molecule has 6 heteroatoms. The zero-order chi connectivity index (χ0) is 24.5. The van der Waals surface area contributed by atoms with Gasteiger partial charge in [0.25, 0.3) is 0 Å². The van der Waals surface area contributed by atoms with E-state index >= 15 is 0 Å². The minimum atomic E-state index is 0.500. The van der Waals surface area contributed by atoms with Crippen molar-refractivity contribution in [2.45, 2.75) is 33.5 Å². The maximum atomic E-state index is 6.05. The summed E-state index contributed by atoms with van der Waals surface area (Å²) in [7, 11) is 1.79. The fourth-order valence-corrected chi connectivity index (χ4v) is 4.07. The molecule has 35 heavy (non-hydrogen) atoms. The van der Waals surface area contributed by atoms with Gasteiger partial charge in [0.2, 0.25) is 0 Å². The van der Waals surface area contributed by atoms with Gasteiger partial charge in [0, 0.05) is 37.8 Å². The molecule has 1 heterocycles. The summed E-state index contributed by atoms with van der Waals surface area (Å²) in [6, 6.07) is 22.6. The lowest BCUT2D eigenvalue weighted by Gasteiger charge is -2.15. The molecule has 4 rings (SSSR count). The third-order valence-corrected chi connectivity index (χ3v) is 5.73. The second-order valence-corrected chi connectivity index (χ2v) is 8.57. The molecule has 0 fully saturated rings. The highest BCUT2D eigenvalue weighted by molar-refractivity contribution is 5.99. The van der Waals surface area contributed by atoms with Gasteiger partial charge < -0.3 is 20.1 Å². The lowest BCUT2D eigenvalue weighted by atomic mass is 10.1. The van der Waals surface area contributed by atoms with Gasteiger partial charge in [-0.1, -0.05) is 17.7 Å². The maximum Gasteiger partial charge on any atom is 0.128 e. The first kappa shape index (κ1) is 24.3. The summed E-state index contributed by atoms with van der Waals surface area (Å²) < 4.78 is 12.1. The summed E-state index contributed by atoms with van der Waals surface area (Å²) in [5.41, 5.74) is 5.57. The van der Waals surface area contributed by atoms with Crippen LogP contribution in [-0.2, 0) is 13.2 Å². The monoisotopic (exact) mass is 470 g/mol. The fraction of sp³-hybridized carbons (Fsp3) is 0.310. The minimum Gasteiger partial charge on any atom is -0.489 e. The average Bonchev–Trinajstić information content (AvgIpc) is 2.90. The molecule has 0 saturated carbocycles. The molecule has 0 atom stereocenters. The lowest BCUT2D eigenvalue weighted by molar-refractivity contribution is 0.299. The van der Waals surface area contributed by atoms with Gasteiger partial charge in [0.1, 0.15) is 36.4 Å². The Balaban J connectivity index is 1.33. The van der Waals surface area contributed by atoms with Gasteiger partial charge in [0.15, 0.2) is 0 Å². The number of aryl methyl sites for hydroxylation is 1. The Morgan fingerprint density at radius 2 is 1.57 bits per heavy atom. The molecule has 0 bridgehead atoms. The number of rotatable bonds is 9. The third kappa shape index (κ3) is 6.85. The summed E-state index contributed by atoms with van der Waals surface area (Å²) in [6.07, 6.45) is 1.09. The average molecular weight is 471 g/mol. The third-order valence-electron chi connectivity index (χ3n) is 5.73. The van der Waals surface area contributed by atoms with Crippen molar-refractivity contribution in [3.05, 3.63) is 94.5 Å². The van der Waals surface area contributed by atoms with Crippen molar-refractivity contribution in [3.63, 3.8) is 0 Å². The Morgan fingerprint density at radius 3 is 2.11 bits per heavy atom. The highest BCUT2D eigenvalue weighted by Gasteiger charge is 2.08. The Hall–Kier alpha value is -3.80. The van der Waals surface area contributed by atoms with E-state index in [2.05, 4.69) is 64.8 Å². The smallest absolute Gasteiger partial charge is 0.128 e. The topological polar surface area (TPSA) is 67.2 Å². The van der Waals surface area contributed by atoms with Crippen molar-refractivity contribution >= 4 is 11.7 Å². The molecule has 2 N–H and O–H groups in total. The molecule has 1 aliphatic rings. The van der Waals surface area contributed by atoms with Crippen LogP contribution in [0.1, 0.15) is 41.2 Å². The summed E-state index contributed by atoms with van der Waals surface area (Å²) >= 11 is 0. The van der Waals surface area contributed by atoms with Gasteiger partial charge in [-0.15, -0.1) is 0 Å². The Labute approximate surface area is 208 Å². The maximum absolute atomic E-state index is 6.05. The van der Waals surface area contributed by atoms with Gasteiger partial charge in [-0.2, -0.15) is 0 Å². The SMILES string of the molecule is CCNC(=NC)c1ccc(OCc2cc(C)cc(COc3ccc(C4=NCCCN4)cc3)c2)cc1. The van der Waals surface area contributed by atoms with Crippen molar-refractivity contribution in [2.75, 3.05) is 26.7 Å². The zero-order valence-corrected chi connectivity index (χ0v) is 20.8. The van der Waals surface area contributed by atoms with Crippen LogP contribution in [0.15, 0.2) is 76.7 Å². The highest BCUT2D eigenvalue weighted by Crippen LogP contribution is 2.19. The second kappa shape index (κ2) is 12.1. The first-order valence-electron chi connectivity index (χ1n) is 12.2. The van der Waals surface area contributed by atoms with E-state index in [4.69, 9.17) is 9.47 Å². The minimum absolute atomic E-state index is 0.500. The summed E-state index contributed by atoms with van der Waals surface area (Å²) in [4.78, 5) is 8.85. The fourth-order valence-electron chi connectivity index (χ4n) is 4.07.